The maximum atomic E-state index is 15.4. The molecular weight excluding hydrogens is 541 g/mol. The number of piperidine rings is 2. The quantitative estimate of drug-likeness (QED) is 0.354. The molecule has 41 heavy (non-hydrogen) atoms. The number of halogens is 1. The van der Waals surface area contributed by atoms with Crippen molar-refractivity contribution >= 4 is 28.3 Å². The van der Waals surface area contributed by atoms with Gasteiger partial charge in [0, 0.05) is 37.3 Å². The molecular formula is C32H36FN3O4S. The van der Waals surface area contributed by atoms with E-state index in [1.54, 1.807) is 0 Å². The highest BCUT2D eigenvalue weighted by Crippen LogP contribution is 2.45. The van der Waals surface area contributed by atoms with Crippen molar-refractivity contribution in [3.05, 3.63) is 63.8 Å². The van der Waals surface area contributed by atoms with Crippen LogP contribution in [0.4, 0.5) is 9.52 Å². The van der Waals surface area contributed by atoms with Gasteiger partial charge in [0.05, 0.1) is 5.92 Å². The van der Waals surface area contributed by atoms with Gasteiger partial charge in [-0.1, -0.05) is 29.0 Å². The summed E-state index contributed by atoms with van der Waals surface area (Å²) in [4.78, 5) is 33.4. The molecule has 3 aliphatic rings. The van der Waals surface area contributed by atoms with Crippen LogP contribution in [0.5, 0.6) is 5.75 Å². The summed E-state index contributed by atoms with van der Waals surface area (Å²) in [5.41, 5.74) is 4.46. The first-order chi connectivity index (χ1) is 19.8. The monoisotopic (exact) mass is 577 g/mol. The van der Waals surface area contributed by atoms with Gasteiger partial charge in [-0.15, -0.1) is 0 Å². The Balaban J connectivity index is 1.19. The Hall–Kier alpha value is -3.46. The van der Waals surface area contributed by atoms with E-state index >= 15 is 4.39 Å². The number of amides is 1. The fraction of sp³-hybridized carbons (Fsp3) is 0.469. The number of hydrogen-bond donors (Lipinski definition) is 1. The van der Waals surface area contributed by atoms with Crippen molar-refractivity contribution in [3.63, 3.8) is 0 Å². The summed E-state index contributed by atoms with van der Waals surface area (Å²) < 4.78 is 21.7. The Kier molecular flexibility index (Phi) is 7.72. The Morgan fingerprint density at radius 2 is 1.78 bits per heavy atom. The maximum absolute atomic E-state index is 15.4. The van der Waals surface area contributed by atoms with Crippen LogP contribution in [0.1, 0.15) is 59.2 Å². The topological polar surface area (TPSA) is 83.0 Å². The molecule has 1 aliphatic carbocycles. The maximum Gasteiger partial charge on any atom is 0.307 e. The van der Waals surface area contributed by atoms with Gasteiger partial charge in [-0.3, -0.25) is 9.59 Å². The number of carbonyl (C=O) groups is 2. The van der Waals surface area contributed by atoms with Gasteiger partial charge < -0.3 is 19.6 Å². The summed E-state index contributed by atoms with van der Waals surface area (Å²) in [5.74, 6) is -0.260. The number of ether oxygens (including phenoxy) is 1. The molecule has 2 saturated heterocycles. The molecule has 3 fully saturated rings. The molecule has 0 radical (unpaired) electrons. The molecule has 3 atom stereocenters. The Morgan fingerprint density at radius 3 is 2.46 bits per heavy atom. The van der Waals surface area contributed by atoms with E-state index in [1.165, 1.54) is 6.42 Å². The average Bonchev–Trinajstić information content (AvgIpc) is 3.49. The number of aromatic nitrogens is 1. The van der Waals surface area contributed by atoms with Gasteiger partial charge in [-0.05, 0) is 93.2 Å². The number of carbonyl (C=O) groups excluding carboxylic acids is 1. The minimum Gasteiger partial charge on any atom is -0.488 e. The summed E-state index contributed by atoms with van der Waals surface area (Å²) in [6, 6.07) is 11.4. The number of anilines is 1. The van der Waals surface area contributed by atoms with E-state index < -0.39 is 5.97 Å². The van der Waals surface area contributed by atoms with E-state index in [1.807, 2.05) is 55.1 Å². The molecule has 216 valence electrons. The molecule has 2 aliphatic heterocycles. The third kappa shape index (κ3) is 5.56. The standard InChI is InChI=1S/C32H36FN3O4S/c1-19-6-11-26(40-18-24-10-7-21(15-20(24)2)30(37)35-12-4-3-5-13-35)25(14-19)28-29(33)41-32(34-28)36-16-22-8-9-23(17-36)27(22)31(38)39/h6-7,10-11,14-15,22-23,27H,3-5,8-9,12-13,16-18H2,1-2H3,(H,38,39)/t22-,23+,27?. The second kappa shape index (κ2) is 11.4. The lowest BCUT2D eigenvalue weighted by atomic mass is 9.85. The van der Waals surface area contributed by atoms with Crippen LogP contribution in [0.2, 0.25) is 0 Å². The molecule has 2 aromatic carbocycles. The van der Waals surface area contributed by atoms with E-state index in [0.717, 1.165) is 66.8 Å². The fourth-order valence-corrected chi connectivity index (χ4v) is 7.58. The predicted molar refractivity (Wildman–Crippen MR) is 157 cm³/mol. The van der Waals surface area contributed by atoms with Crippen LogP contribution < -0.4 is 9.64 Å². The largest absolute Gasteiger partial charge is 0.488 e. The number of nitrogens with zero attached hydrogens (tertiary/aromatic N) is 3. The number of carboxylic acid groups (broad SMARTS) is 1. The van der Waals surface area contributed by atoms with Crippen LogP contribution in [0.25, 0.3) is 11.3 Å². The van der Waals surface area contributed by atoms with Crippen LogP contribution in [0.3, 0.4) is 0 Å². The fourth-order valence-electron chi connectivity index (χ4n) is 6.75. The first kappa shape index (κ1) is 27.7. The zero-order valence-corrected chi connectivity index (χ0v) is 24.4. The van der Waals surface area contributed by atoms with Gasteiger partial charge in [0.25, 0.3) is 5.91 Å². The lowest BCUT2D eigenvalue weighted by molar-refractivity contribution is -0.144. The summed E-state index contributed by atoms with van der Waals surface area (Å²) in [6.07, 6.45) is 5.07. The van der Waals surface area contributed by atoms with Crippen LogP contribution in [-0.2, 0) is 11.4 Å². The lowest BCUT2D eigenvalue weighted by Crippen LogP contribution is -2.44. The van der Waals surface area contributed by atoms with Crippen molar-refractivity contribution in [1.82, 2.24) is 9.88 Å². The number of fused-ring (bicyclic) bond motifs is 2. The van der Waals surface area contributed by atoms with E-state index in [4.69, 9.17) is 9.72 Å². The van der Waals surface area contributed by atoms with E-state index in [-0.39, 0.29) is 41.1 Å². The molecule has 1 amide bonds. The summed E-state index contributed by atoms with van der Waals surface area (Å²) in [5, 5.41) is 9.87. The molecule has 1 N–H and O–H groups in total. The minimum absolute atomic E-state index is 0.0734. The molecule has 7 nitrogen and oxygen atoms in total. The van der Waals surface area contributed by atoms with Crippen molar-refractivity contribution in [2.45, 2.75) is 52.6 Å². The number of hydrogen-bond acceptors (Lipinski definition) is 6. The van der Waals surface area contributed by atoms with Gasteiger partial charge in [-0.2, -0.15) is 4.39 Å². The van der Waals surface area contributed by atoms with Gasteiger partial charge in [0.2, 0.25) is 5.13 Å². The minimum atomic E-state index is -0.719. The Bertz CT molecular complexity index is 1450. The lowest BCUT2D eigenvalue weighted by Gasteiger charge is -2.35. The number of benzene rings is 2. The molecule has 2 bridgehead atoms. The third-order valence-corrected chi connectivity index (χ3v) is 9.87. The highest BCUT2D eigenvalue weighted by Gasteiger charge is 2.46. The SMILES string of the molecule is Cc1ccc(OCc2ccc(C(=O)N3CCCCC3)cc2C)c(-c2nc(N3C[C@H]4CC[C@@H](C3)C4C(=O)O)sc2F)c1. The summed E-state index contributed by atoms with van der Waals surface area (Å²) in [7, 11) is 0. The molecule has 9 heteroatoms. The first-order valence-corrected chi connectivity index (χ1v) is 15.4. The van der Waals surface area contributed by atoms with E-state index in [0.29, 0.717) is 35.1 Å². The first-order valence-electron chi connectivity index (χ1n) is 14.5. The van der Waals surface area contributed by atoms with Gasteiger partial charge in [0.15, 0.2) is 5.13 Å². The van der Waals surface area contributed by atoms with Crippen LogP contribution in [-0.4, -0.2) is 53.0 Å². The van der Waals surface area contributed by atoms with Gasteiger partial charge in [-0.25, -0.2) is 4.98 Å². The third-order valence-electron chi connectivity index (χ3n) is 8.97. The normalized spacial score (nSPS) is 22.2. The molecule has 1 saturated carbocycles. The number of rotatable bonds is 7. The van der Waals surface area contributed by atoms with Crippen LogP contribution >= 0.6 is 11.3 Å². The second-order valence-electron chi connectivity index (χ2n) is 11.8. The smallest absolute Gasteiger partial charge is 0.307 e. The Morgan fingerprint density at radius 1 is 1.05 bits per heavy atom. The van der Waals surface area contributed by atoms with Crippen LogP contribution in [0, 0.1) is 36.7 Å². The second-order valence-corrected chi connectivity index (χ2v) is 12.7. The predicted octanol–water partition coefficient (Wildman–Crippen LogP) is 6.32. The number of aryl methyl sites for hydroxylation is 2. The Labute approximate surface area is 244 Å². The van der Waals surface area contributed by atoms with Gasteiger partial charge >= 0.3 is 5.97 Å². The van der Waals surface area contributed by atoms with Crippen molar-refractivity contribution in [1.29, 1.82) is 0 Å². The van der Waals surface area contributed by atoms with Crippen molar-refractivity contribution < 1.29 is 23.8 Å². The van der Waals surface area contributed by atoms with Crippen molar-refractivity contribution in [2.24, 2.45) is 17.8 Å². The van der Waals surface area contributed by atoms with Crippen molar-refractivity contribution in [3.8, 4) is 17.0 Å². The summed E-state index contributed by atoms with van der Waals surface area (Å²) in [6.45, 7) is 7.03. The van der Waals surface area contributed by atoms with E-state index in [9.17, 15) is 14.7 Å². The molecule has 6 rings (SSSR count). The zero-order chi connectivity index (χ0) is 28.7. The van der Waals surface area contributed by atoms with Crippen molar-refractivity contribution in [2.75, 3.05) is 31.1 Å². The summed E-state index contributed by atoms with van der Waals surface area (Å²) >= 11 is 1.01. The number of aliphatic carboxylic acids is 1. The number of thiazole rings is 1. The number of likely N-dealkylation sites (tertiary alicyclic amines) is 1. The van der Waals surface area contributed by atoms with Crippen LogP contribution in [0.15, 0.2) is 36.4 Å². The number of carboxylic acids is 1. The molecule has 3 heterocycles. The molecule has 0 spiro atoms. The highest BCUT2D eigenvalue weighted by molar-refractivity contribution is 7.14. The molecule has 3 aromatic rings. The van der Waals surface area contributed by atoms with E-state index in [2.05, 4.69) is 4.90 Å². The van der Waals surface area contributed by atoms with Gasteiger partial charge in [0.1, 0.15) is 18.1 Å². The zero-order valence-electron chi connectivity index (χ0n) is 23.6. The molecule has 1 aromatic heterocycles. The molecule has 1 unspecified atom stereocenters. The highest BCUT2D eigenvalue weighted by atomic mass is 32.1. The average molecular weight is 578 g/mol.